The maximum Gasteiger partial charge on any atom is 0.223 e. The van der Waals surface area contributed by atoms with E-state index in [1.807, 2.05) is 6.92 Å². The van der Waals surface area contributed by atoms with Crippen LogP contribution in [0.4, 0.5) is 0 Å². The van der Waals surface area contributed by atoms with Crippen molar-refractivity contribution < 1.29 is 9.32 Å². The van der Waals surface area contributed by atoms with E-state index in [2.05, 4.69) is 36.2 Å². The number of carbonyl (C=O) groups excluding carboxylic acids is 1. The van der Waals surface area contributed by atoms with Crippen LogP contribution >= 0.6 is 0 Å². The summed E-state index contributed by atoms with van der Waals surface area (Å²) in [6, 6.07) is -0.202. The molecule has 1 saturated carbocycles. The Balaban J connectivity index is 1.96. The predicted octanol–water partition coefficient (Wildman–Crippen LogP) is 2.71. The van der Waals surface area contributed by atoms with Gasteiger partial charge in [-0.3, -0.25) is 4.79 Å². The third-order valence-electron chi connectivity index (χ3n) is 3.88. The molecule has 0 radical (unpaired) electrons. The van der Waals surface area contributed by atoms with E-state index >= 15 is 0 Å². The third kappa shape index (κ3) is 3.55. The van der Waals surface area contributed by atoms with E-state index in [9.17, 15) is 4.79 Å². The molecule has 5 nitrogen and oxygen atoms in total. The minimum Gasteiger partial charge on any atom is -0.346 e. The standard InChI is InChI=1S/C14H23N3O2/c1-9-5-11(7-14(3,4)6-9)13(18)16-10(2)12-15-8-19-17-12/h8-11H,5-7H2,1-4H3,(H,16,18)/t9-,10+,11-/m1/s1. The highest BCUT2D eigenvalue weighted by atomic mass is 16.5. The first-order valence-electron chi connectivity index (χ1n) is 6.94. The monoisotopic (exact) mass is 265 g/mol. The molecule has 106 valence electrons. The Morgan fingerprint density at radius 1 is 1.53 bits per heavy atom. The Hall–Kier alpha value is -1.39. The molecular formula is C14H23N3O2. The first-order chi connectivity index (χ1) is 8.87. The molecule has 0 aromatic carbocycles. The van der Waals surface area contributed by atoms with Gasteiger partial charge in [-0.1, -0.05) is 25.9 Å². The molecule has 0 bridgehead atoms. The zero-order valence-electron chi connectivity index (χ0n) is 12.1. The molecule has 0 saturated heterocycles. The molecule has 1 N–H and O–H groups in total. The Kier molecular flexibility index (Phi) is 3.92. The third-order valence-corrected chi connectivity index (χ3v) is 3.88. The molecule has 0 aliphatic heterocycles. The van der Waals surface area contributed by atoms with Crippen molar-refractivity contribution in [2.45, 2.75) is 53.0 Å². The van der Waals surface area contributed by atoms with Crippen molar-refractivity contribution in [1.82, 2.24) is 15.5 Å². The second-order valence-corrected chi connectivity index (χ2v) is 6.63. The normalized spacial score (nSPS) is 27.8. The summed E-state index contributed by atoms with van der Waals surface area (Å²) in [6.45, 7) is 8.58. The summed E-state index contributed by atoms with van der Waals surface area (Å²) in [7, 11) is 0. The van der Waals surface area contributed by atoms with E-state index in [4.69, 9.17) is 4.52 Å². The summed E-state index contributed by atoms with van der Waals surface area (Å²) < 4.78 is 4.70. The highest BCUT2D eigenvalue weighted by Gasteiger charge is 2.36. The van der Waals surface area contributed by atoms with Gasteiger partial charge in [0.15, 0.2) is 5.82 Å². The minimum absolute atomic E-state index is 0.0908. The fourth-order valence-corrected chi connectivity index (χ4v) is 3.31. The Bertz CT molecular complexity index is 428. The second kappa shape index (κ2) is 5.31. The molecule has 1 fully saturated rings. The zero-order valence-corrected chi connectivity index (χ0v) is 12.1. The molecule has 3 atom stereocenters. The molecule has 19 heavy (non-hydrogen) atoms. The lowest BCUT2D eigenvalue weighted by Gasteiger charge is -2.38. The molecule has 1 aromatic rings. The summed E-state index contributed by atoms with van der Waals surface area (Å²) in [5.41, 5.74) is 0.245. The van der Waals surface area contributed by atoms with Crippen LogP contribution in [0.2, 0.25) is 0 Å². The van der Waals surface area contributed by atoms with Crippen LogP contribution in [-0.4, -0.2) is 16.0 Å². The fraction of sp³-hybridized carbons (Fsp3) is 0.786. The Morgan fingerprint density at radius 2 is 2.26 bits per heavy atom. The SMILES string of the molecule is C[C@@H]1C[C@@H](C(=O)N[C@@H](C)c2ncon2)CC(C)(C)C1. The average molecular weight is 265 g/mol. The lowest BCUT2D eigenvalue weighted by molar-refractivity contribution is -0.128. The molecule has 1 aliphatic carbocycles. The van der Waals surface area contributed by atoms with Crippen molar-refractivity contribution in [1.29, 1.82) is 0 Å². The van der Waals surface area contributed by atoms with E-state index in [1.54, 1.807) is 0 Å². The zero-order chi connectivity index (χ0) is 14.0. The summed E-state index contributed by atoms with van der Waals surface area (Å²) >= 11 is 0. The van der Waals surface area contributed by atoms with E-state index < -0.39 is 0 Å². The van der Waals surface area contributed by atoms with Crippen molar-refractivity contribution >= 4 is 5.91 Å². The highest BCUT2D eigenvalue weighted by molar-refractivity contribution is 5.79. The van der Waals surface area contributed by atoms with Crippen LogP contribution in [0.1, 0.15) is 58.8 Å². The van der Waals surface area contributed by atoms with Crippen molar-refractivity contribution in [2.24, 2.45) is 17.3 Å². The largest absolute Gasteiger partial charge is 0.346 e. The number of hydrogen-bond donors (Lipinski definition) is 1. The number of nitrogens with zero attached hydrogens (tertiary/aromatic N) is 2. The molecule has 5 heteroatoms. The molecule has 0 spiro atoms. The molecule has 0 unspecified atom stereocenters. The van der Waals surface area contributed by atoms with Crippen LogP contribution in [0.25, 0.3) is 0 Å². The average Bonchev–Trinajstić information content (AvgIpc) is 2.79. The van der Waals surface area contributed by atoms with Gasteiger partial charge >= 0.3 is 0 Å². The smallest absolute Gasteiger partial charge is 0.223 e. The van der Waals surface area contributed by atoms with Crippen LogP contribution in [-0.2, 0) is 4.79 Å². The van der Waals surface area contributed by atoms with E-state index in [1.165, 1.54) is 12.8 Å². The highest BCUT2D eigenvalue weighted by Crippen LogP contribution is 2.41. The van der Waals surface area contributed by atoms with Crippen LogP contribution in [0, 0.1) is 17.3 Å². The fourth-order valence-electron chi connectivity index (χ4n) is 3.31. The number of nitrogens with one attached hydrogen (secondary N) is 1. The van der Waals surface area contributed by atoms with E-state index in [0.29, 0.717) is 11.7 Å². The van der Waals surface area contributed by atoms with Gasteiger partial charge in [-0.15, -0.1) is 0 Å². The lowest BCUT2D eigenvalue weighted by Crippen LogP contribution is -2.39. The van der Waals surface area contributed by atoms with Gasteiger partial charge in [-0.25, -0.2) is 0 Å². The van der Waals surface area contributed by atoms with Crippen molar-refractivity contribution in [3.05, 3.63) is 12.2 Å². The van der Waals surface area contributed by atoms with Crippen LogP contribution in [0.5, 0.6) is 0 Å². The van der Waals surface area contributed by atoms with Crippen LogP contribution in [0.3, 0.4) is 0 Å². The summed E-state index contributed by atoms with van der Waals surface area (Å²) in [5.74, 6) is 1.32. The number of rotatable bonds is 3. The van der Waals surface area contributed by atoms with Crippen molar-refractivity contribution in [2.75, 3.05) is 0 Å². The molecule has 1 aliphatic rings. The number of aromatic nitrogens is 2. The van der Waals surface area contributed by atoms with E-state index in [0.717, 1.165) is 12.8 Å². The van der Waals surface area contributed by atoms with Crippen molar-refractivity contribution in [3.63, 3.8) is 0 Å². The van der Waals surface area contributed by atoms with Gasteiger partial charge in [0.25, 0.3) is 0 Å². The summed E-state index contributed by atoms with van der Waals surface area (Å²) in [4.78, 5) is 16.3. The summed E-state index contributed by atoms with van der Waals surface area (Å²) in [5, 5.41) is 6.74. The molecule has 1 amide bonds. The number of hydrogen-bond acceptors (Lipinski definition) is 4. The van der Waals surface area contributed by atoms with Gasteiger partial charge in [-0.2, -0.15) is 4.98 Å². The van der Waals surface area contributed by atoms with Gasteiger partial charge in [0.05, 0.1) is 6.04 Å². The number of carbonyl (C=O) groups is 1. The van der Waals surface area contributed by atoms with Crippen molar-refractivity contribution in [3.8, 4) is 0 Å². The molecule has 2 rings (SSSR count). The molecule has 1 heterocycles. The topological polar surface area (TPSA) is 68.0 Å². The predicted molar refractivity (Wildman–Crippen MR) is 71.1 cm³/mol. The van der Waals surface area contributed by atoms with Gasteiger partial charge < -0.3 is 9.84 Å². The van der Waals surface area contributed by atoms with Gasteiger partial charge in [-0.05, 0) is 37.5 Å². The lowest BCUT2D eigenvalue weighted by atomic mass is 9.68. The van der Waals surface area contributed by atoms with Gasteiger partial charge in [0, 0.05) is 5.92 Å². The maximum absolute atomic E-state index is 12.3. The van der Waals surface area contributed by atoms with Gasteiger partial charge in [0.1, 0.15) is 0 Å². The second-order valence-electron chi connectivity index (χ2n) is 6.63. The first kappa shape index (κ1) is 14.0. The molecular weight excluding hydrogens is 242 g/mol. The minimum atomic E-state index is -0.202. The first-order valence-corrected chi connectivity index (χ1v) is 6.94. The van der Waals surface area contributed by atoms with Gasteiger partial charge in [0.2, 0.25) is 12.3 Å². The molecule has 1 aromatic heterocycles. The summed E-state index contributed by atoms with van der Waals surface area (Å²) in [6.07, 6.45) is 4.39. The van der Waals surface area contributed by atoms with Crippen LogP contribution < -0.4 is 5.32 Å². The quantitative estimate of drug-likeness (QED) is 0.912. The maximum atomic E-state index is 12.3. The number of amides is 1. The van der Waals surface area contributed by atoms with Crippen LogP contribution in [0.15, 0.2) is 10.9 Å². The van der Waals surface area contributed by atoms with E-state index in [-0.39, 0.29) is 23.3 Å². The Morgan fingerprint density at radius 3 is 2.84 bits per heavy atom. The Labute approximate surface area is 114 Å².